The molecule has 0 bridgehead atoms. The zero-order valence-corrected chi connectivity index (χ0v) is 15.0. The van der Waals surface area contributed by atoms with Crippen molar-refractivity contribution in [3.8, 4) is 0 Å². The smallest absolute Gasteiger partial charge is 0.862 e. The van der Waals surface area contributed by atoms with Gasteiger partial charge < -0.3 is 15.3 Å². The van der Waals surface area contributed by atoms with Crippen LogP contribution >= 0.6 is 0 Å². The standard InChI is InChI=1S/C14H27NO4.Na/c1-3-4-5-6-7-8-9-10-12(17)15-13(11(2)16)14(18)19;/h11,13,16H,3-10H2,1-2H3,(H,15,17)(H,18,19);/q;+1/p-1/t11-,13+;/m1./s1. The third-order valence-corrected chi connectivity index (χ3v) is 2.99. The molecule has 112 valence electrons. The van der Waals surface area contributed by atoms with Crippen LogP contribution in [0.25, 0.3) is 0 Å². The Morgan fingerprint density at radius 3 is 2.10 bits per heavy atom. The molecule has 0 spiro atoms. The molecule has 2 N–H and O–H groups in total. The summed E-state index contributed by atoms with van der Waals surface area (Å²) in [7, 11) is 0. The van der Waals surface area contributed by atoms with E-state index in [1.165, 1.54) is 32.6 Å². The summed E-state index contributed by atoms with van der Waals surface area (Å²) in [5.41, 5.74) is 0. The number of aliphatic imine (C=N–C) groups is 1. The van der Waals surface area contributed by atoms with E-state index in [0.29, 0.717) is 0 Å². The number of aliphatic hydroxyl groups excluding tert-OH is 1. The van der Waals surface area contributed by atoms with Crippen LogP contribution in [0.3, 0.4) is 0 Å². The Labute approximate surface area is 143 Å². The summed E-state index contributed by atoms with van der Waals surface area (Å²) >= 11 is 0. The fraction of sp³-hybridized carbons (Fsp3) is 0.857. The Kier molecular flexibility index (Phi) is 15.4. The molecule has 0 unspecified atom stereocenters. The van der Waals surface area contributed by atoms with Crippen molar-refractivity contribution in [2.45, 2.75) is 77.4 Å². The van der Waals surface area contributed by atoms with Gasteiger partial charge in [-0.2, -0.15) is 0 Å². The topological polar surface area (TPSA) is 93.0 Å². The van der Waals surface area contributed by atoms with Crippen LogP contribution in [-0.4, -0.2) is 34.2 Å². The number of carboxylic acids is 1. The van der Waals surface area contributed by atoms with Crippen LogP contribution in [0.4, 0.5) is 0 Å². The molecular formula is C14H26NNaO4. The van der Waals surface area contributed by atoms with E-state index in [2.05, 4.69) is 11.9 Å². The molecule has 0 heterocycles. The largest absolute Gasteiger partial charge is 1.00 e. The van der Waals surface area contributed by atoms with Crippen molar-refractivity contribution in [2.75, 3.05) is 0 Å². The normalized spacial score (nSPS) is 14.4. The first-order chi connectivity index (χ1) is 8.99. The molecule has 20 heavy (non-hydrogen) atoms. The second-order valence-electron chi connectivity index (χ2n) is 4.92. The van der Waals surface area contributed by atoms with Crippen molar-refractivity contribution in [1.29, 1.82) is 0 Å². The van der Waals surface area contributed by atoms with Gasteiger partial charge in [0, 0.05) is 0 Å². The van der Waals surface area contributed by atoms with E-state index in [-0.39, 0.29) is 36.0 Å². The number of aliphatic carboxylic acids is 1. The Bertz CT molecular complexity index is 282. The van der Waals surface area contributed by atoms with E-state index in [1.807, 2.05) is 0 Å². The van der Waals surface area contributed by atoms with E-state index < -0.39 is 24.0 Å². The molecule has 0 amide bonds. The van der Waals surface area contributed by atoms with Gasteiger partial charge in [0.1, 0.15) is 0 Å². The van der Waals surface area contributed by atoms with Gasteiger partial charge in [-0.25, -0.2) is 4.79 Å². The number of aliphatic hydroxyl groups is 1. The van der Waals surface area contributed by atoms with Gasteiger partial charge in [-0.05, 0) is 25.7 Å². The van der Waals surface area contributed by atoms with E-state index in [4.69, 9.17) is 5.11 Å². The fourth-order valence-electron chi connectivity index (χ4n) is 1.82. The number of carboxylic acid groups (broad SMARTS) is 1. The number of carbonyl (C=O) groups is 1. The molecule has 2 atom stereocenters. The third-order valence-electron chi connectivity index (χ3n) is 2.99. The van der Waals surface area contributed by atoms with Crippen LogP contribution in [0.15, 0.2) is 4.99 Å². The summed E-state index contributed by atoms with van der Waals surface area (Å²) in [5.74, 6) is -1.69. The first-order valence-corrected chi connectivity index (χ1v) is 7.13. The van der Waals surface area contributed by atoms with Gasteiger partial charge in [0.25, 0.3) is 0 Å². The van der Waals surface area contributed by atoms with Gasteiger partial charge in [0.05, 0.1) is 6.10 Å². The Balaban J connectivity index is 0. The first-order valence-electron chi connectivity index (χ1n) is 7.13. The van der Waals surface area contributed by atoms with E-state index >= 15 is 0 Å². The summed E-state index contributed by atoms with van der Waals surface area (Å²) in [6, 6.07) is -1.34. The van der Waals surface area contributed by atoms with Crippen LogP contribution in [0.1, 0.15) is 65.2 Å². The van der Waals surface area contributed by atoms with Crippen molar-refractivity contribution < 1.29 is 49.7 Å². The quantitative estimate of drug-likeness (QED) is 0.215. The predicted molar refractivity (Wildman–Crippen MR) is 73.1 cm³/mol. The van der Waals surface area contributed by atoms with Crippen LogP contribution < -0.4 is 34.7 Å². The number of unbranched alkanes of at least 4 members (excludes halogenated alkanes) is 6. The maximum absolute atomic E-state index is 11.5. The summed E-state index contributed by atoms with van der Waals surface area (Å²) in [5, 5.41) is 29.4. The fourth-order valence-corrected chi connectivity index (χ4v) is 1.82. The van der Waals surface area contributed by atoms with Crippen molar-refractivity contribution in [3.05, 3.63) is 0 Å². The molecule has 0 aromatic heterocycles. The zero-order chi connectivity index (χ0) is 14.7. The minimum atomic E-state index is -1.34. The molecule has 0 aliphatic heterocycles. The van der Waals surface area contributed by atoms with Crippen molar-refractivity contribution in [1.82, 2.24) is 0 Å². The summed E-state index contributed by atoms with van der Waals surface area (Å²) in [6.07, 6.45) is 6.82. The van der Waals surface area contributed by atoms with Crippen molar-refractivity contribution in [3.63, 3.8) is 0 Å². The average Bonchev–Trinajstić information content (AvgIpc) is 2.34. The molecule has 0 rings (SSSR count). The number of rotatable bonds is 11. The van der Waals surface area contributed by atoms with E-state index in [1.54, 1.807) is 0 Å². The van der Waals surface area contributed by atoms with Gasteiger partial charge in [-0.1, -0.05) is 45.4 Å². The molecule has 0 fully saturated rings. The SMILES string of the molecule is CCCCCCCCCC([O-])=N[C@H](C(=O)O)[C@@H](C)O.[Na+]. The van der Waals surface area contributed by atoms with Gasteiger partial charge in [-0.3, -0.25) is 4.99 Å². The summed E-state index contributed by atoms with van der Waals surface area (Å²) in [4.78, 5) is 14.3. The molecule has 0 radical (unpaired) electrons. The van der Waals surface area contributed by atoms with Crippen LogP contribution in [0.5, 0.6) is 0 Å². The Morgan fingerprint density at radius 2 is 1.65 bits per heavy atom. The number of nitrogens with zero attached hydrogens (tertiary/aromatic N) is 1. The molecule has 5 nitrogen and oxygen atoms in total. The van der Waals surface area contributed by atoms with E-state index in [0.717, 1.165) is 19.3 Å². The summed E-state index contributed by atoms with van der Waals surface area (Å²) < 4.78 is 0. The molecule has 6 heteroatoms. The first kappa shape index (κ1) is 22.2. The summed E-state index contributed by atoms with van der Waals surface area (Å²) in [6.45, 7) is 3.49. The Morgan fingerprint density at radius 1 is 1.15 bits per heavy atom. The molecule has 0 saturated carbocycles. The number of hydrogen-bond donors (Lipinski definition) is 2. The van der Waals surface area contributed by atoms with Crippen LogP contribution in [0.2, 0.25) is 0 Å². The maximum atomic E-state index is 11.5. The average molecular weight is 295 g/mol. The van der Waals surface area contributed by atoms with Gasteiger partial charge in [0.15, 0.2) is 6.04 Å². The van der Waals surface area contributed by atoms with Gasteiger partial charge >= 0.3 is 35.5 Å². The second-order valence-corrected chi connectivity index (χ2v) is 4.92. The molecule has 0 aliphatic rings. The zero-order valence-electron chi connectivity index (χ0n) is 13.0. The van der Waals surface area contributed by atoms with E-state index in [9.17, 15) is 15.0 Å². The van der Waals surface area contributed by atoms with Gasteiger partial charge in [-0.15, -0.1) is 0 Å². The predicted octanol–water partition coefficient (Wildman–Crippen LogP) is -1.28. The molecular weight excluding hydrogens is 269 g/mol. The molecule has 0 saturated heterocycles. The van der Waals surface area contributed by atoms with Crippen molar-refractivity contribution in [2.24, 2.45) is 4.99 Å². The molecule has 0 aromatic carbocycles. The maximum Gasteiger partial charge on any atom is 1.00 e. The van der Waals surface area contributed by atoms with Crippen LogP contribution in [0, 0.1) is 0 Å². The van der Waals surface area contributed by atoms with Crippen molar-refractivity contribution >= 4 is 11.9 Å². The molecule has 0 aromatic rings. The minimum absolute atomic E-state index is 0. The molecule has 0 aliphatic carbocycles. The third kappa shape index (κ3) is 11.7. The van der Waals surface area contributed by atoms with Crippen LogP contribution in [-0.2, 0) is 4.79 Å². The number of hydrogen-bond acceptors (Lipinski definition) is 4. The monoisotopic (exact) mass is 295 g/mol. The van der Waals surface area contributed by atoms with Gasteiger partial charge in [0.2, 0.25) is 0 Å². The second kappa shape index (κ2) is 13.9. The minimum Gasteiger partial charge on any atom is -0.862 e. The Hall–Kier alpha value is -0.100.